The smallest absolute Gasteiger partial charge is 0.276 e. The average Bonchev–Trinajstić information content (AvgIpc) is 3.14. The van der Waals surface area contributed by atoms with Gasteiger partial charge in [-0.2, -0.15) is 0 Å². The minimum atomic E-state index is -0.0387. The number of hydrogen-bond acceptors (Lipinski definition) is 4. The van der Waals surface area contributed by atoms with Crippen molar-refractivity contribution in [2.24, 2.45) is 5.73 Å². The first kappa shape index (κ1) is 17.4. The number of aromatic nitrogens is 3. The summed E-state index contributed by atoms with van der Waals surface area (Å²) in [6.07, 6.45) is 3.03. The molecule has 8 heteroatoms. The summed E-state index contributed by atoms with van der Waals surface area (Å²) in [5.74, 6) is 0.340. The average molecular weight is 413 g/mol. The van der Waals surface area contributed by atoms with Crippen LogP contribution in [0.3, 0.4) is 0 Å². The van der Waals surface area contributed by atoms with Crippen LogP contribution in [0.25, 0.3) is 5.69 Å². The first-order valence-corrected chi connectivity index (χ1v) is 8.69. The second-order valence-electron chi connectivity index (χ2n) is 6.29. The van der Waals surface area contributed by atoms with Crippen LogP contribution < -0.4 is 5.73 Å². The van der Waals surface area contributed by atoms with Gasteiger partial charge in [-0.25, -0.2) is 4.68 Å². The molecule has 4 rings (SSSR count). The molecule has 24 heavy (non-hydrogen) atoms. The Morgan fingerprint density at radius 2 is 1.92 bits per heavy atom. The minimum absolute atomic E-state index is 0. The van der Waals surface area contributed by atoms with Crippen molar-refractivity contribution in [2.75, 3.05) is 13.1 Å². The third-order valence-electron chi connectivity index (χ3n) is 4.45. The molecule has 2 N–H and O–H groups in total. The lowest BCUT2D eigenvalue weighted by molar-refractivity contribution is 0.0783. The van der Waals surface area contributed by atoms with Crippen LogP contribution in [0.5, 0.6) is 0 Å². The molecule has 0 spiro atoms. The summed E-state index contributed by atoms with van der Waals surface area (Å²) >= 11 is 3.44. The van der Waals surface area contributed by atoms with E-state index in [1.807, 2.05) is 28.9 Å². The zero-order chi connectivity index (χ0) is 16.0. The Hall–Kier alpha value is -1.44. The van der Waals surface area contributed by atoms with Gasteiger partial charge in [0.1, 0.15) is 0 Å². The van der Waals surface area contributed by atoms with Gasteiger partial charge in [0.2, 0.25) is 0 Å². The molecule has 0 radical (unpaired) electrons. The van der Waals surface area contributed by atoms with Gasteiger partial charge in [-0.3, -0.25) is 4.79 Å². The highest BCUT2D eigenvalue weighted by molar-refractivity contribution is 9.10. The molecule has 1 aliphatic heterocycles. The van der Waals surface area contributed by atoms with Gasteiger partial charge in [0.05, 0.1) is 11.4 Å². The van der Waals surface area contributed by atoms with Gasteiger partial charge in [0.15, 0.2) is 5.69 Å². The lowest BCUT2D eigenvalue weighted by Crippen LogP contribution is -2.32. The molecule has 1 saturated carbocycles. The fourth-order valence-corrected chi connectivity index (χ4v) is 3.32. The van der Waals surface area contributed by atoms with Crippen molar-refractivity contribution in [3.63, 3.8) is 0 Å². The predicted octanol–water partition coefficient (Wildman–Crippen LogP) is 2.50. The maximum absolute atomic E-state index is 12.8. The van der Waals surface area contributed by atoms with Crippen LogP contribution in [-0.2, 0) is 0 Å². The largest absolute Gasteiger partial charge is 0.336 e. The standard InChI is InChI=1S/C16H18BrN5O.ClH/c17-11-3-5-13(6-4-11)22-15(10-1-2-10)14(19-20-22)16(23)21-8-7-12(18)9-21;/h3-6,10,12H,1-2,7-9,18H2;1H/t12-;/m1./s1. The lowest BCUT2D eigenvalue weighted by Gasteiger charge is -2.15. The van der Waals surface area contributed by atoms with Crippen LogP contribution in [-0.4, -0.2) is 44.9 Å². The van der Waals surface area contributed by atoms with Crippen molar-refractivity contribution in [2.45, 2.75) is 31.2 Å². The molecule has 1 saturated heterocycles. The van der Waals surface area contributed by atoms with Crippen molar-refractivity contribution in [3.05, 3.63) is 40.1 Å². The molecule has 2 heterocycles. The maximum Gasteiger partial charge on any atom is 0.276 e. The number of rotatable bonds is 3. The highest BCUT2D eigenvalue weighted by atomic mass is 79.9. The van der Waals surface area contributed by atoms with Crippen molar-refractivity contribution < 1.29 is 4.79 Å². The number of nitrogens with zero attached hydrogens (tertiary/aromatic N) is 4. The summed E-state index contributed by atoms with van der Waals surface area (Å²) in [6.45, 7) is 1.31. The van der Waals surface area contributed by atoms with Crippen LogP contribution in [0, 0.1) is 0 Å². The molecule has 1 atom stereocenters. The van der Waals surface area contributed by atoms with Gasteiger partial charge in [-0.05, 0) is 43.5 Å². The number of halogens is 2. The molecule has 0 bridgehead atoms. The third kappa shape index (κ3) is 3.20. The molecular formula is C16H19BrClN5O. The summed E-state index contributed by atoms with van der Waals surface area (Å²) in [4.78, 5) is 14.6. The Kier molecular flexibility index (Phi) is 4.94. The first-order valence-electron chi connectivity index (χ1n) is 7.90. The lowest BCUT2D eigenvalue weighted by atomic mass is 10.2. The van der Waals surface area contributed by atoms with E-state index in [4.69, 9.17) is 5.73 Å². The number of amides is 1. The highest BCUT2D eigenvalue weighted by Crippen LogP contribution is 2.42. The summed E-state index contributed by atoms with van der Waals surface area (Å²) < 4.78 is 2.82. The van der Waals surface area contributed by atoms with E-state index in [1.54, 1.807) is 4.90 Å². The molecule has 1 aromatic heterocycles. The number of benzene rings is 1. The predicted molar refractivity (Wildman–Crippen MR) is 96.8 cm³/mol. The van der Waals surface area contributed by atoms with E-state index in [0.717, 1.165) is 35.1 Å². The Balaban J connectivity index is 0.00000169. The number of carbonyl (C=O) groups excluding carboxylic acids is 1. The Bertz CT molecular complexity index is 743. The Labute approximate surface area is 154 Å². The van der Waals surface area contributed by atoms with Crippen LogP contribution in [0.4, 0.5) is 0 Å². The zero-order valence-electron chi connectivity index (χ0n) is 13.1. The van der Waals surface area contributed by atoms with Gasteiger partial charge in [0, 0.05) is 29.5 Å². The molecule has 1 aromatic carbocycles. The molecule has 128 valence electrons. The van der Waals surface area contributed by atoms with Crippen molar-refractivity contribution in [1.29, 1.82) is 0 Å². The van der Waals surface area contributed by atoms with Gasteiger partial charge in [-0.1, -0.05) is 21.1 Å². The first-order chi connectivity index (χ1) is 11.1. The molecule has 1 aliphatic carbocycles. The van der Waals surface area contributed by atoms with Crippen molar-refractivity contribution in [1.82, 2.24) is 19.9 Å². The molecule has 1 amide bonds. The topological polar surface area (TPSA) is 77.0 Å². The second-order valence-corrected chi connectivity index (χ2v) is 7.20. The maximum atomic E-state index is 12.8. The summed E-state index contributed by atoms with van der Waals surface area (Å²) in [7, 11) is 0. The summed E-state index contributed by atoms with van der Waals surface area (Å²) in [5.41, 5.74) is 8.29. The summed E-state index contributed by atoms with van der Waals surface area (Å²) in [6, 6.07) is 7.96. The van der Waals surface area contributed by atoms with E-state index in [2.05, 4.69) is 26.2 Å². The van der Waals surface area contributed by atoms with Crippen LogP contribution in [0.2, 0.25) is 0 Å². The number of nitrogens with two attached hydrogens (primary N) is 1. The van der Waals surface area contributed by atoms with E-state index in [1.165, 1.54) is 0 Å². The molecule has 6 nitrogen and oxygen atoms in total. The molecule has 2 fully saturated rings. The molecule has 2 aromatic rings. The molecule has 2 aliphatic rings. The van der Waals surface area contributed by atoms with E-state index < -0.39 is 0 Å². The zero-order valence-corrected chi connectivity index (χ0v) is 15.5. The third-order valence-corrected chi connectivity index (χ3v) is 4.98. The van der Waals surface area contributed by atoms with Gasteiger partial charge in [-0.15, -0.1) is 17.5 Å². The fraction of sp³-hybridized carbons (Fsp3) is 0.438. The summed E-state index contributed by atoms with van der Waals surface area (Å²) in [5, 5.41) is 8.48. The van der Waals surface area contributed by atoms with E-state index >= 15 is 0 Å². The molecular weight excluding hydrogens is 394 g/mol. The van der Waals surface area contributed by atoms with Gasteiger partial charge in [0.25, 0.3) is 5.91 Å². The van der Waals surface area contributed by atoms with Crippen molar-refractivity contribution >= 4 is 34.2 Å². The quantitative estimate of drug-likeness (QED) is 0.840. The van der Waals surface area contributed by atoms with Gasteiger partial charge < -0.3 is 10.6 Å². The Morgan fingerprint density at radius 3 is 2.50 bits per heavy atom. The van der Waals surface area contributed by atoms with E-state index in [0.29, 0.717) is 24.7 Å². The SMILES string of the molecule is Cl.N[C@@H]1CCN(C(=O)c2nnn(-c3ccc(Br)cc3)c2C2CC2)C1. The normalized spacial score (nSPS) is 20.1. The highest BCUT2D eigenvalue weighted by Gasteiger charge is 2.36. The fourth-order valence-electron chi connectivity index (χ4n) is 3.06. The van der Waals surface area contributed by atoms with Crippen LogP contribution >= 0.6 is 28.3 Å². The van der Waals surface area contributed by atoms with Gasteiger partial charge >= 0.3 is 0 Å². The monoisotopic (exact) mass is 411 g/mol. The molecule has 0 unspecified atom stereocenters. The van der Waals surface area contributed by atoms with Crippen LogP contribution in [0.15, 0.2) is 28.7 Å². The van der Waals surface area contributed by atoms with E-state index in [9.17, 15) is 4.79 Å². The number of carbonyl (C=O) groups is 1. The number of likely N-dealkylation sites (tertiary alicyclic amines) is 1. The van der Waals surface area contributed by atoms with E-state index in [-0.39, 0.29) is 24.4 Å². The van der Waals surface area contributed by atoms with Crippen LogP contribution in [0.1, 0.15) is 41.4 Å². The number of hydrogen-bond donors (Lipinski definition) is 1. The Morgan fingerprint density at radius 1 is 1.21 bits per heavy atom. The second kappa shape index (κ2) is 6.82. The minimum Gasteiger partial charge on any atom is -0.336 e. The van der Waals surface area contributed by atoms with Crippen molar-refractivity contribution in [3.8, 4) is 5.69 Å².